The van der Waals surface area contributed by atoms with Crippen molar-refractivity contribution in [2.45, 2.75) is 21.6 Å². The Hall–Kier alpha value is -1.54. The summed E-state index contributed by atoms with van der Waals surface area (Å²) in [6.45, 7) is 2.19. The fourth-order valence-electron chi connectivity index (χ4n) is 3.45. The topological polar surface area (TPSA) is 0 Å². The van der Waals surface area contributed by atoms with Gasteiger partial charge in [0, 0.05) is 48.4 Å². The van der Waals surface area contributed by atoms with Crippen LogP contribution < -0.4 is 0 Å². The normalized spacial score (nSPS) is 13.8. The van der Waals surface area contributed by atoms with E-state index >= 15 is 0 Å². The number of hydrogen-bond acceptors (Lipinski definition) is 6. The summed E-state index contributed by atoms with van der Waals surface area (Å²) in [5, 5.41) is 2.32. The van der Waals surface area contributed by atoms with E-state index in [0.717, 1.165) is 0 Å². The Kier molecular flexibility index (Phi) is 5.46. The van der Waals surface area contributed by atoms with E-state index in [9.17, 15) is 0 Å². The van der Waals surface area contributed by atoms with Crippen LogP contribution in [0.5, 0.6) is 0 Å². The molecule has 0 atom stereocenters. The van der Waals surface area contributed by atoms with Crippen LogP contribution in [-0.2, 0) is 0 Å². The van der Waals surface area contributed by atoms with Crippen molar-refractivity contribution in [2.75, 3.05) is 0 Å². The van der Waals surface area contributed by atoms with E-state index in [2.05, 4.69) is 85.1 Å². The van der Waals surface area contributed by atoms with Crippen LogP contribution in [0, 0.1) is 0 Å². The summed E-state index contributed by atoms with van der Waals surface area (Å²) in [7, 11) is 0. The van der Waals surface area contributed by atoms with E-state index in [1.807, 2.05) is 68.9 Å². The quantitative estimate of drug-likeness (QED) is 0.204. The van der Waals surface area contributed by atoms with Gasteiger partial charge in [-0.1, -0.05) is 53.9 Å². The maximum atomic E-state index is 2.32. The highest BCUT2D eigenvalue weighted by atomic mass is 32.2. The molecular weight excluding hydrogens is 493 g/mol. The number of hydrogen-bond donors (Lipinski definition) is 0. The number of fused-ring (bicyclic) bond motifs is 2. The number of thioether (sulfide) groups is 1. The highest BCUT2D eigenvalue weighted by Gasteiger charge is 2.14. The smallest absolute Gasteiger partial charge is 0.0582 e. The van der Waals surface area contributed by atoms with Gasteiger partial charge in [0.2, 0.25) is 0 Å². The summed E-state index contributed by atoms with van der Waals surface area (Å²) in [4.78, 5) is 6.66. The van der Waals surface area contributed by atoms with E-state index < -0.39 is 0 Å². The Morgan fingerprint density at radius 3 is 2.00 bits per heavy atom. The summed E-state index contributed by atoms with van der Waals surface area (Å²) in [6, 6.07) is 20.1. The molecule has 6 rings (SSSR count). The van der Waals surface area contributed by atoms with Gasteiger partial charge in [-0.15, -0.1) is 45.3 Å². The highest BCUT2D eigenvalue weighted by Crippen LogP contribution is 2.48. The first kappa shape index (κ1) is 20.1. The van der Waals surface area contributed by atoms with Crippen LogP contribution in [0.2, 0.25) is 0 Å². The van der Waals surface area contributed by atoms with Crippen LogP contribution in [0.3, 0.4) is 0 Å². The fourth-order valence-corrected chi connectivity index (χ4v) is 10.5. The summed E-state index contributed by atoms with van der Waals surface area (Å²) in [5.74, 6) is 0. The zero-order valence-corrected chi connectivity index (χ0v) is 21.4. The van der Waals surface area contributed by atoms with Crippen LogP contribution in [0.4, 0.5) is 0 Å². The number of allylic oxidation sites excluding steroid dienone is 3. The van der Waals surface area contributed by atoms with Gasteiger partial charge in [0.15, 0.2) is 0 Å². The standard InChI is InChI=1S/C25H16S6/c1-15-6-2-7-16-14-26-23-17(27-15)8-3-9-18(23)29-21-12-5-13-22-25(21)31-24-19(28-16)10-4-11-20(24)30-22/h2-14H,1H3. The van der Waals surface area contributed by atoms with Crippen molar-refractivity contribution in [3.63, 3.8) is 0 Å². The van der Waals surface area contributed by atoms with E-state index in [0.29, 0.717) is 0 Å². The second-order valence-electron chi connectivity index (χ2n) is 7.04. The molecule has 0 fully saturated rings. The zero-order valence-electron chi connectivity index (χ0n) is 16.5. The molecule has 152 valence electrons. The van der Waals surface area contributed by atoms with Gasteiger partial charge in [0.1, 0.15) is 0 Å². The molecule has 3 heterocycles. The second-order valence-corrected chi connectivity index (χ2v) is 13.5. The molecule has 0 unspecified atom stereocenters. The lowest BCUT2D eigenvalue weighted by Crippen LogP contribution is -1.82. The molecule has 6 heteroatoms. The van der Waals surface area contributed by atoms with Crippen LogP contribution >= 0.6 is 68.9 Å². The van der Waals surface area contributed by atoms with E-state index in [1.54, 1.807) is 0 Å². The summed E-state index contributed by atoms with van der Waals surface area (Å²) >= 11 is 11.3. The first-order valence-electron chi connectivity index (χ1n) is 9.75. The molecule has 0 N–H and O–H groups in total. The van der Waals surface area contributed by atoms with Crippen molar-refractivity contribution < 1.29 is 0 Å². The first-order chi connectivity index (χ1) is 15.2. The predicted octanol–water partition coefficient (Wildman–Crippen LogP) is 10.7. The maximum Gasteiger partial charge on any atom is 0.0582 e. The molecule has 0 nitrogen and oxygen atoms in total. The Bertz CT molecular complexity index is 1550. The third-order valence-corrected chi connectivity index (χ3v) is 12.4. The Morgan fingerprint density at radius 1 is 0.645 bits per heavy atom. The van der Waals surface area contributed by atoms with Gasteiger partial charge >= 0.3 is 0 Å². The van der Waals surface area contributed by atoms with E-state index in [1.165, 1.54) is 52.7 Å². The lowest BCUT2D eigenvalue weighted by Gasteiger charge is -2.13. The average Bonchev–Trinajstić information content (AvgIpc) is 2.77. The molecule has 0 spiro atoms. The van der Waals surface area contributed by atoms with Crippen LogP contribution in [-0.4, -0.2) is 0 Å². The third kappa shape index (κ3) is 3.90. The lowest BCUT2D eigenvalue weighted by atomic mass is 10.3. The van der Waals surface area contributed by atoms with Gasteiger partial charge < -0.3 is 0 Å². The van der Waals surface area contributed by atoms with Crippen molar-refractivity contribution in [3.8, 4) is 0 Å². The van der Waals surface area contributed by atoms with Crippen molar-refractivity contribution in [2.24, 2.45) is 0 Å². The molecule has 0 aliphatic carbocycles. The molecule has 3 aliphatic heterocycles. The molecule has 3 aliphatic rings. The third-order valence-electron chi connectivity index (χ3n) is 4.86. The van der Waals surface area contributed by atoms with Gasteiger partial charge in [0.05, 0.1) is 4.70 Å². The number of benzene rings is 3. The number of rotatable bonds is 0. The maximum absolute atomic E-state index is 2.32. The molecular formula is C25H16S6. The van der Waals surface area contributed by atoms with Crippen LogP contribution in [0.15, 0.2) is 91.7 Å². The van der Waals surface area contributed by atoms with E-state index in [-0.39, 0.29) is 0 Å². The Balaban J connectivity index is 1.87. The monoisotopic (exact) mass is 508 g/mol. The highest BCUT2D eigenvalue weighted by molar-refractivity contribution is 8.03. The van der Waals surface area contributed by atoms with Crippen molar-refractivity contribution in [3.05, 3.63) is 81.9 Å². The Labute approximate surface area is 205 Å². The lowest BCUT2D eigenvalue weighted by molar-refractivity contribution is 1.57. The summed E-state index contributed by atoms with van der Waals surface area (Å²) in [6.07, 6.45) is 6.65. The minimum Gasteiger partial charge on any atom is -0.140 e. The molecule has 0 saturated heterocycles. The van der Waals surface area contributed by atoms with Gasteiger partial charge in [-0.05, 0) is 54.3 Å². The molecule has 0 amide bonds. The molecule has 3 aromatic rings. The first-order valence-corrected chi connectivity index (χ1v) is 14.7. The molecule has 3 aromatic carbocycles. The van der Waals surface area contributed by atoms with Gasteiger partial charge in [-0.2, -0.15) is 0 Å². The molecule has 31 heavy (non-hydrogen) atoms. The largest absolute Gasteiger partial charge is 0.140 e. The molecule has 0 saturated carbocycles. The van der Waals surface area contributed by atoms with Crippen molar-refractivity contribution in [1.29, 1.82) is 0 Å². The zero-order chi connectivity index (χ0) is 20.8. The molecule has 4 bridgehead atoms. The van der Waals surface area contributed by atoms with Crippen LogP contribution in [0.25, 0.3) is 34.3 Å². The molecule has 0 aromatic heterocycles. The summed E-state index contributed by atoms with van der Waals surface area (Å²) in [5.41, 5.74) is 0. The minimum absolute atomic E-state index is 1.27. The van der Waals surface area contributed by atoms with Crippen LogP contribution in [0.1, 0.15) is 11.8 Å². The minimum atomic E-state index is 1.27. The Morgan fingerprint density at radius 2 is 1.26 bits per heavy atom. The van der Waals surface area contributed by atoms with E-state index in [4.69, 9.17) is 0 Å². The summed E-state index contributed by atoms with van der Waals surface area (Å²) < 4.78 is 8.06. The fraction of sp³-hybridized carbons (Fsp3) is 0.0400. The van der Waals surface area contributed by atoms with Gasteiger partial charge in [-0.25, -0.2) is 0 Å². The second kappa shape index (κ2) is 8.43. The molecule has 0 radical (unpaired) electrons. The van der Waals surface area contributed by atoms with Gasteiger partial charge in [-0.3, -0.25) is 0 Å². The SMILES string of the molecule is CC1=CC=Cc2csc3c(cccc3sc3cccc4sc5cccc(s2)c5Sc43)S1. The van der Waals surface area contributed by atoms with Crippen molar-refractivity contribution in [1.82, 2.24) is 0 Å². The van der Waals surface area contributed by atoms with Crippen molar-refractivity contribution >= 4 is 103 Å². The van der Waals surface area contributed by atoms with Gasteiger partial charge in [0.25, 0.3) is 0 Å². The average molecular weight is 509 g/mol. The predicted molar refractivity (Wildman–Crippen MR) is 147 cm³/mol.